The number of rotatable bonds is 7. The van der Waals surface area contributed by atoms with E-state index in [1.165, 1.54) is 76.1 Å². The van der Waals surface area contributed by atoms with E-state index in [1.54, 1.807) is 0 Å². The fraction of sp³-hybridized carbons (Fsp3) is 0.696. The Morgan fingerprint density at radius 1 is 1.04 bits per heavy atom. The van der Waals surface area contributed by atoms with E-state index < -0.39 is 0 Å². The first-order valence-electron chi connectivity index (χ1n) is 11.2. The van der Waals surface area contributed by atoms with Crippen LogP contribution in [0.5, 0.6) is 0 Å². The van der Waals surface area contributed by atoms with E-state index >= 15 is 0 Å². The summed E-state index contributed by atoms with van der Waals surface area (Å²) in [5, 5.41) is 7.10. The molecule has 28 heavy (non-hydrogen) atoms. The Morgan fingerprint density at radius 2 is 1.75 bits per heavy atom. The number of piperidine rings is 1. The lowest BCUT2D eigenvalue weighted by Gasteiger charge is -2.29. The van der Waals surface area contributed by atoms with Crippen LogP contribution in [-0.4, -0.2) is 57.2 Å². The second-order valence-electron chi connectivity index (χ2n) is 8.57. The van der Waals surface area contributed by atoms with Gasteiger partial charge in [-0.25, -0.2) is 0 Å². The molecule has 1 aromatic carbocycles. The highest BCUT2D eigenvalue weighted by molar-refractivity contribution is 5.80. The number of guanidine groups is 1. The van der Waals surface area contributed by atoms with Crippen LogP contribution in [0.3, 0.4) is 0 Å². The first-order valence-corrected chi connectivity index (χ1v) is 11.2. The van der Waals surface area contributed by atoms with Crippen molar-refractivity contribution in [3.8, 4) is 0 Å². The maximum absolute atomic E-state index is 4.44. The highest BCUT2D eigenvalue weighted by Crippen LogP contribution is 2.24. The largest absolute Gasteiger partial charge is 0.372 e. The zero-order chi connectivity index (χ0) is 19.8. The summed E-state index contributed by atoms with van der Waals surface area (Å²) in [4.78, 5) is 9.54. The summed E-state index contributed by atoms with van der Waals surface area (Å²) in [6.07, 6.45) is 6.74. The van der Waals surface area contributed by atoms with Crippen molar-refractivity contribution < 1.29 is 0 Å². The Morgan fingerprint density at radius 3 is 2.46 bits per heavy atom. The van der Waals surface area contributed by atoms with Gasteiger partial charge in [0, 0.05) is 38.9 Å². The number of aliphatic imine (C=N–C) groups is 1. The fourth-order valence-electron chi connectivity index (χ4n) is 4.37. The van der Waals surface area contributed by atoms with Gasteiger partial charge in [0.05, 0.1) is 6.04 Å². The van der Waals surface area contributed by atoms with Crippen molar-refractivity contribution in [2.24, 2.45) is 10.9 Å². The monoisotopic (exact) mass is 385 g/mol. The molecule has 0 radical (unpaired) electrons. The van der Waals surface area contributed by atoms with Gasteiger partial charge in [0.15, 0.2) is 5.96 Å². The fourth-order valence-corrected chi connectivity index (χ4v) is 4.37. The van der Waals surface area contributed by atoms with Gasteiger partial charge < -0.3 is 20.4 Å². The zero-order valence-corrected chi connectivity index (χ0v) is 18.1. The quantitative estimate of drug-likeness (QED) is 0.556. The van der Waals surface area contributed by atoms with Gasteiger partial charge in [-0.3, -0.25) is 4.99 Å². The van der Waals surface area contributed by atoms with Gasteiger partial charge in [0.25, 0.3) is 0 Å². The first-order chi connectivity index (χ1) is 13.7. The second-order valence-corrected chi connectivity index (χ2v) is 8.57. The van der Waals surface area contributed by atoms with Crippen LogP contribution in [-0.2, 0) is 0 Å². The number of hydrogen-bond donors (Lipinski definition) is 2. The highest BCUT2D eigenvalue weighted by Gasteiger charge is 2.16. The molecule has 5 heteroatoms. The maximum Gasteiger partial charge on any atom is 0.191 e. The Bertz CT molecular complexity index is 617. The molecule has 0 amide bonds. The standard InChI is InChI=1S/C23H39N5/c1-19(18-27-12-5-4-6-13-27)17-25-23(24-3)26-20(2)21-10-9-11-22(16-21)28-14-7-8-15-28/h9-11,16,19-20H,4-8,12-15,17-18H2,1-3H3,(H2,24,25,26). The van der Waals surface area contributed by atoms with Crippen molar-refractivity contribution >= 4 is 11.6 Å². The van der Waals surface area contributed by atoms with E-state index in [2.05, 4.69) is 63.5 Å². The van der Waals surface area contributed by atoms with Crippen LogP contribution in [0, 0.1) is 5.92 Å². The average molecular weight is 386 g/mol. The normalized spacial score (nSPS) is 20.8. The number of nitrogens with zero attached hydrogens (tertiary/aromatic N) is 3. The van der Waals surface area contributed by atoms with Crippen molar-refractivity contribution in [1.82, 2.24) is 15.5 Å². The summed E-state index contributed by atoms with van der Waals surface area (Å²) in [6.45, 7) is 11.6. The molecule has 2 fully saturated rings. The van der Waals surface area contributed by atoms with Crippen molar-refractivity contribution in [2.45, 2.75) is 52.0 Å². The van der Waals surface area contributed by atoms with Gasteiger partial charge in [-0.1, -0.05) is 25.5 Å². The molecule has 1 aromatic rings. The summed E-state index contributed by atoms with van der Waals surface area (Å²) in [6, 6.07) is 9.18. The molecule has 0 saturated carbocycles. The van der Waals surface area contributed by atoms with Crippen molar-refractivity contribution in [3.63, 3.8) is 0 Å². The topological polar surface area (TPSA) is 42.9 Å². The molecule has 0 spiro atoms. The predicted octanol–water partition coefficient (Wildman–Crippen LogP) is 3.63. The highest BCUT2D eigenvalue weighted by atomic mass is 15.2. The smallest absolute Gasteiger partial charge is 0.191 e. The maximum atomic E-state index is 4.44. The molecular weight excluding hydrogens is 346 g/mol. The molecule has 2 unspecified atom stereocenters. The third kappa shape index (κ3) is 6.13. The number of nitrogens with one attached hydrogen (secondary N) is 2. The molecule has 2 aliphatic rings. The van der Waals surface area contributed by atoms with E-state index in [9.17, 15) is 0 Å². The predicted molar refractivity (Wildman–Crippen MR) is 120 cm³/mol. The lowest BCUT2D eigenvalue weighted by Crippen LogP contribution is -2.43. The SMILES string of the molecule is CN=C(NCC(C)CN1CCCCC1)NC(C)c1cccc(N2CCCC2)c1. The third-order valence-electron chi connectivity index (χ3n) is 6.05. The number of likely N-dealkylation sites (tertiary alicyclic amines) is 1. The van der Waals surface area contributed by atoms with Gasteiger partial charge in [0.2, 0.25) is 0 Å². The molecule has 2 heterocycles. The summed E-state index contributed by atoms with van der Waals surface area (Å²) < 4.78 is 0. The van der Waals surface area contributed by atoms with Gasteiger partial charge in [-0.2, -0.15) is 0 Å². The number of hydrogen-bond acceptors (Lipinski definition) is 3. The van der Waals surface area contributed by atoms with E-state index in [1.807, 2.05) is 7.05 Å². The molecular formula is C23H39N5. The van der Waals surface area contributed by atoms with Gasteiger partial charge in [-0.05, 0) is 69.3 Å². The molecule has 2 N–H and O–H groups in total. The van der Waals surface area contributed by atoms with Gasteiger partial charge >= 0.3 is 0 Å². The molecule has 156 valence electrons. The van der Waals surface area contributed by atoms with Crippen LogP contribution in [0.25, 0.3) is 0 Å². The van der Waals surface area contributed by atoms with E-state index in [4.69, 9.17) is 0 Å². The molecule has 0 bridgehead atoms. The van der Waals surface area contributed by atoms with Gasteiger partial charge in [-0.15, -0.1) is 0 Å². The summed E-state index contributed by atoms with van der Waals surface area (Å²) in [5.41, 5.74) is 2.66. The average Bonchev–Trinajstić information content (AvgIpc) is 3.27. The van der Waals surface area contributed by atoms with E-state index in [0.717, 1.165) is 12.5 Å². The molecule has 3 rings (SSSR count). The van der Waals surface area contributed by atoms with Crippen LogP contribution < -0.4 is 15.5 Å². The first kappa shape index (κ1) is 21.0. The number of benzene rings is 1. The van der Waals surface area contributed by atoms with E-state index in [-0.39, 0.29) is 6.04 Å². The summed E-state index contributed by atoms with van der Waals surface area (Å²) >= 11 is 0. The van der Waals surface area contributed by atoms with Crippen LogP contribution in [0.4, 0.5) is 5.69 Å². The number of anilines is 1. The summed E-state index contributed by atoms with van der Waals surface area (Å²) in [7, 11) is 1.86. The van der Waals surface area contributed by atoms with Crippen LogP contribution in [0.15, 0.2) is 29.3 Å². The lowest BCUT2D eigenvalue weighted by atomic mass is 10.1. The second kappa shape index (κ2) is 10.7. The van der Waals surface area contributed by atoms with Crippen LogP contribution in [0.2, 0.25) is 0 Å². The minimum Gasteiger partial charge on any atom is -0.372 e. The van der Waals surface area contributed by atoms with Crippen molar-refractivity contribution in [1.29, 1.82) is 0 Å². The molecule has 0 aliphatic carbocycles. The Labute approximate surface area is 171 Å². The van der Waals surface area contributed by atoms with Crippen LogP contribution in [0.1, 0.15) is 57.6 Å². The minimum absolute atomic E-state index is 0.228. The van der Waals surface area contributed by atoms with Crippen molar-refractivity contribution in [2.75, 3.05) is 51.2 Å². The third-order valence-corrected chi connectivity index (χ3v) is 6.05. The molecule has 2 saturated heterocycles. The Balaban J connectivity index is 1.47. The zero-order valence-electron chi connectivity index (χ0n) is 18.1. The summed E-state index contributed by atoms with van der Waals surface area (Å²) in [5.74, 6) is 1.51. The minimum atomic E-state index is 0.228. The molecule has 2 aliphatic heterocycles. The van der Waals surface area contributed by atoms with E-state index in [0.29, 0.717) is 5.92 Å². The van der Waals surface area contributed by atoms with Crippen LogP contribution >= 0.6 is 0 Å². The molecule has 2 atom stereocenters. The van der Waals surface area contributed by atoms with Gasteiger partial charge in [0.1, 0.15) is 0 Å². The Kier molecular flexibility index (Phi) is 8.01. The Hall–Kier alpha value is -1.75. The lowest BCUT2D eigenvalue weighted by molar-refractivity contribution is 0.201. The molecule has 0 aromatic heterocycles. The van der Waals surface area contributed by atoms with Crippen molar-refractivity contribution in [3.05, 3.63) is 29.8 Å². The molecule has 5 nitrogen and oxygen atoms in total.